The van der Waals surface area contributed by atoms with Crippen LogP contribution < -0.4 is 0 Å². The van der Waals surface area contributed by atoms with Crippen LogP contribution in [-0.4, -0.2) is 48.5 Å². The zero-order valence-corrected chi connectivity index (χ0v) is 14.4. The number of sulfone groups is 1. The zero-order valence-electron chi connectivity index (χ0n) is 10.4. The van der Waals surface area contributed by atoms with Crippen molar-refractivity contribution >= 4 is 54.7 Å². The van der Waals surface area contributed by atoms with Crippen molar-refractivity contribution in [2.45, 2.75) is 19.0 Å². The lowest BCUT2D eigenvalue weighted by Gasteiger charge is -2.25. The Morgan fingerprint density at radius 1 is 1.60 bits per heavy atom. The zero-order chi connectivity index (χ0) is 14.9. The van der Waals surface area contributed by atoms with E-state index in [1.165, 1.54) is 11.3 Å². The molecule has 0 amide bonds. The highest BCUT2D eigenvalue weighted by atomic mass is 79.9. The molecule has 0 saturated carbocycles. The first-order chi connectivity index (χ1) is 9.27. The first kappa shape index (κ1) is 16.2. The third kappa shape index (κ3) is 4.17. The summed E-state index contributed by atoms with van der Waals surface area (Å²) in [6, 6.07) is 1.60. The van der Waals surface area contributed by atoms with E-state index in [0.29, 0.717) is 17.3 Å². The van der Waals surface area contributed by atoms with Crippen molar-refractivity contribution in [1.82, 2.24) is 4.90 Å². The number of hydrogen-bond donors (Lipinski definition) is 1. The topological polar surface area (TPSA) is 74.7 Å². The minimum atomic E-state index is -3.04. The molecule has 2 rings (SSSR count). The Morgan fingerprint density at radius 2 is 2.30 bits per heavy atom. The van der Waals surface area contributed by atoms with Crippen LogP contribution in [0.1, 0.15) is 11.3 Å². The van der Waals surface area contributed by atoms with Crippen molar-refractivity contribution < 1.29 is 18.3 Å². The number of thiophene rings is 1. The second kappa shape index (κ2) is 6.31. The summed E-state index contributed by atoms with van der Waals surface area (Å²) in [6.45, 7) is 0.218. The molecule has 1 aliphatic heterocycles. The number of rotatable bonds is 5. The van der Waals surface area contributed by atoms with Crippen molar-refractivity contribution in [3.63, 3.8) is 0 Å². The molecule has 0 aliphatic carbocycles. The number of carbonyl (C=O) groups is 1. The van der Waals surface area contributed by atoms with E-state index in [1.54, 1.807) is 4.90 Å². The molecule has 1 atom stereocenters. The lowest BCUT2D eigenvalue weighted by molar-refractivity contribution is -0.139. The van der Waals surface area contributed by atoms with Gasteiger partial charge in [-0.15, -0.1) is 11.3 Å². The maximum Gasteiger partial charge on any atom is 0.317 e. The summed E-state index contributed by atoms with van der Waals surface area (Å²) in [5.74, 6) is -0.806. The van der Waals surface area contributed by atoms with Crippen LogP contribution in [-0.2, 0) is 21.2 Å². The van der Waals surface area contributed by atoms with Crippen LogP contribution >= 0.6 is 38.9 Å². The molecule has 1 N–H and O–H groups in total. The number of carboxylic acids is 1. The van der Waals surface area contributed by atoms with E-state index >= 15 is 0 Å². The summed E-state index contributed by atoms with van der Waals surface area (Å²) in [5, 5.41) is 8.99. The van der Waals surface area contributed by atoms with Gasteiger partial charge in [-0.3, -0.25) is 9.69 Å². The predicted molar refractivity (Wildman–Crippen MR) is 82.1 cm³/mol. The second-order valence-electron chi connectivity index (χ2n) is 4.69. The van der Waals surface area contributed by atoms with E-state index in [0.717, 1.165) is 9.35 Å². The highest BCUT2D eigenvalue weighted by Crippen LogP contribution is 2.33. The van der Waals surface area contributed by atoms with Crippen molar-refractivity contribution in [2.24, 2.45) is 0 Å². The Bertz CT molecular complexity index is 596. The largest absolute Gasteiger partial charge is 0.480 e. The summed E-state index contributed by atoms with van der Waals surface area (Å²) in [4.78, 5) is 13.6. The molecule has 1 saturated heterocycles. The van der Waals surface area contributed by atoms with Crippen LogP contribution in [0.2, 0.25) is 4.34 Å². The first-order valence-corrected chi connectivity index (χ1v) is 9.68. The van der Waals surface area contributed by atoms with Crippen molar-refractivity contribution in [1.29, 1.82) is 0 Å². The van der Waals surface area contributed by atoms with Gasteiger partial charge in [-0.25, -0.2) is 8.42 Å². The van der Waals surface area contributed by atoms with E-state index in [9.17, 15) is 13.2 Å². The molecule has 2 heterocycles. The number of halogens is 2. The van der Waals surface area contributed by atoms with Gasteiger partial charge in [0.15, 0.2) is 9.84 Å². The molecule has 0 radical (unpaired) electrons. The van der Waals surface area contributed by atoms with Crippen LogP contribution in [0.4, 0.5) is 0 Å². The van der Waals surface area contributed by atoms with Gasteiger partial charge in [0, 0.05) is 21.9 Å². The number of aliphatic carboxylic acids is 1. The molecule has 1 aliphatic rings. The standard InChI is InChI=1S/C11H13BrClNO4S2/c12-9-3-8(19-11(9)13)4-14(5-10(15)16)7-1-2-20(17,18)6-7/h3,7H,1-2,4-6H2,(H,15,16). The highest BCUT2D eigenvalue weighted by Gasteiger charge is 2.33. The van der Waals surface area contributed by atoms with Gasteiger partial charge in [0.1, 0.15) is 4.34 Å². The van der Waals surface area contributed by atoms with Crippen LogP contribution in [0.5, 0.6) is 0 Å². The maximum absolute atomic E-state index is 11.5. The van der Waals surface area contributed by atoms with E-state index in [-0.39, 0.29) is 24.1 Å². The van der Waals surface area contributed by atoms with Crippen LogP contribution in [0, 0.1) is 0 Å². The third-order valence-corrected chi connectivity index (χ3v) is 7.33. The Labute approximate surface area is 134 Å². The van der Waals surface area contributed by atoms with Crippen LogP contribution in [0.3, 0.4) is 0 Å². The Balaban J connectivity index is 2.13. The molecule has 1 unspecified atom stereocenters. The minimum Gasteiger partial charge on any atom is -0.480 e. The van der Waals surface area contributed by atoms with Gasteiger partial charge < -0.3 is 5.11 Å². The fourth-order valence-corrected chi connectivity index (χ4v) is 5.80. The number of nitrogens with zero attached hydrogens (tertiary/aromatic N) is 1. The van der Waals surface area contributed by atoms with Gasteiger partial charge in [0.05, 0.1) is 18.1 Å². The molecule has 0 aromatic carbocycles. The van der Waals surface area contributed by atoms with Gasteiger partial charge in [0.2, 0.25) is 0 Å². The monoisotopic (exact) mass is 401 g/mol. The molecular weight excluding hydrogens is 390 g/mol. The Kier molecular flexibility index (Phi) is 5.12. The van der Waals surface area contributed by atoms with E-state index in [1.807, 2.05) is 6.07 Å². The van der Waals surface area contributed by atoms with Gasteiger partial charge in [-0.1, -0.05) is 11.6 Å². The quantitative estimate of drug-likeness (QED) is 0.817. The van der Waals surface area contributed by atoms with Gasteiger partial charge >= 0.3 is 5.97 Å². The van der Waals surface area contributed by atoms with Gasteiger partial charge in [-0.2, -0.15) is 0 Å². The van der Waals surface area contributed by atoms with Crippen molar-refractivity contribution in [3.05, 3.63) is 19.8 Å². The second-order valence-corrected chi connectivity index (χ2v) is 9.51. The lowest BCUT2D eigenvalue weighted by Crippen LogP contribution is -2.39. The lowest BCUT2D eigenvalue weighted by atomic mass is 10.2. The summed E-state index contributed by atoms with van der Waals surface area (Å²) in [6.07, 6.45) is 0.482. The van der Waals surface area contributed by atoms with Crippen molar-refractivity contribution in [2.75, 3.05) is 18.1 Å². The summed E-state index contributed by atoms with van der Waals surface area (Å²) in [7, 11) is -3.04. The molecule has 9 heteroatoms. The van der Waals surface area contributed by atoms with E-state index in [4.69, 9.17) is 16.7 Å². The SMILES string of the molecule is O=C(O)CN(Cc1cc(Br)c(Cl)s1)C1CCS(=O)(=O)C1. The number of carboxylic acid groups (broad SMARTS) is 1. The average Bonchev–Trinajstić information content (AvgIpc) is 2.81. The predicted octanol–water partition coefficient (Wildman–Crippen LogP) is 2.24. The molecule has 1 aromatic heterocycles. The maximum atomic E-state index is 11.5. The third-order valence-electron chi connectivity index (χ3n) is 3.12. The number of hydrogen-bond acceptors (Lipinski definition) is 5. The minimum absolute atomic E-state index is 0.0283. The first-order valence-electron chi connectivity index (χ1n) is 5.87. The fraction of sp³-hybridized carbons (Fsp3) is 0.545. The molecule has 20 heavy (non-hydrogen) atoms. The highest BCUT2D eigenvalue weighted by molar-refractivity contribution is 9.10. The van der Waals surface area contributed by atoms with Crippen LogP contribution in [0.25, 0.3) is 0 Å². The average molecular weight is 403 g/mol. The molecular formula is C11H13BrClNO4S2. The summed E-state index contributed by atoms with van der Waals surface area (Å²) < 4.78 is 24.5. The van der Waals surface area contributed by atoms with E-state index in [2.05, 4.69) is 15.9 Å². The van der Waals surface area contributed by atoms with Gasteiger partial charge in [0.25, 0.3) is 0 Å². The fourth-order valence-electron chi connectivity index (χ4n) is 2.22. The van der Waals surface area contributed by atoms with Crippen molar-refractivity contribution in [3.8, 4) is 0 Å². The molecule has 112 valence electrons. The molecule has 5 nitrogen and oxygen atoms in total. The molecule has 0 spiro atoms. The smallest absolute Gasteiger partial charge is 0.317 e. The van der Waals surface area contributed by atoms with Gasteiger partial charge in [-0.05, 0) is 28.4 Å². The Morgan fingerprint density at radius 3 is 2.75 bits per heavy atom. The molecule has 0 bridgehead atoms. The summed E-state index contributed by atoms with van der Waals surface area (Å²) in [5.41, 5.74) is 0. The normalized spacial score (nSPS) is 21.4. The molecule has 1 aromatic rings. The summed E-state index contributed by atoms with van der Waals surface area (Å²) >= 11 is 10.6. The Hall–Kier alpha value is -0.150. The van der Waals surface area contributed by atoms with Crippen LogP contribution in [0.15, 0.2) is 10.5 Å². The molecule has 1 fully saturated rings. The van der Waals surface area contributed by atoms with E-state index < -0.39 is 15.8 Å².